The van der Waals surface area contributed by atoms with Crippen molar-refractivity contribution < 1.29 is 58.3 Å². The molecule has 0 unspecified atom stereocenters. The van der Waals surface area contributed by atoms with Gasteiger partial charge in [0, 0.05) is 51.4 Å². The van der Waals surface area contributed by atoms with Crippen molar-refractivity contribution in [2.45, 2.75) is 77.6 Å². The lowest BCUT2D eigenvalue weighted by Gasteiger charge is -2.21. The molecule has 15 nitrogen and oxygen atoms in total. The predicted octanol–water partition coefficient (Wildman–Crippen LogP) is 10.7. The minimum Gasteiger partial charge on any atom is -0.478 e. The van der Waals surface area contributed by atoms with E-state index >= 15 is 0 Å². The van der Waals surface area contributed by atoms with E-state index in [9.17, 15) is 28.8 Å². The molecule has 18 heteroatoms. The van der Waals surface area contributed by atoms with Crippen molar-refractivity contribution >= 4 is 70.4 Å². The third kappa shape index (κ3) is 20.7. The number of rotatable bonds is 21. The largest absolute Gasteiger partial charge is 0.478 e. The van der Waals surface area contributed by atoms with E-state index in [2.05, 4.69) is 16.0 Å². The Morgan fingerprint density at radius 1 is 0.360 bits per heavy atom. The zero-order chi connectivity index (χ0) is 55.3. The van der Waals surface area contributed by atoms with E-state index in [1.807, 2.05) is 36.4 Å². The zero-order valence-electron chi connectivity index (χ0n) is 42.2. The molecule has 0 aliphatic rings. The van der Waals surface area contributed by atoms with Crippen LogP contribution in [-0.4, -0.2) is 87.4 Å². The summed E-state index contributed by atoms with van der Waals surface area (Å²) >= 11 is 17.4. The summed E-state index contributed by atoms with van der Waals surface area (Å²) in [7, 11) is 0. The quantitative estimate of drug-likeness (QED) is 0.0396. The van der Waals surface area contributed by atoms with Crippen molar-refractivity contribution in [3.63, 3.8) is 0 Å². The molecule has 0 saturated carbocycles. The lowest BCUT2D eigenvalue weighted by molar-refractivity contribution is -0.152. The monoisotopic (exact) mass is 1080 g/mol. The number of hydrogen-bond donors (Lipinski definition) is 6. The molecule has 0 bridgehead atoms. The first-order valence-corrected chi connectivity index (χ1v) is 24.6. The Hall–Kier alpha value is -7.59. The molecule has 0 saturated heterocycles. The second-order valence-electron chi connectivity index (χ2n) is 18.2. The van der Waals surface area contributed by atoms with E-state index in [4.69, 9.17) is 64.3 Å². The summed E-state index contributed by atoms with van der Waals surface area (Å²) in [6.45, 7) is 10.4. The highest BCUT2D eigenvalue weighted by atomic mass is 35.5. The van der Waals surface area contributed by atoms with Crippen LogP contribution in [0.4, 0.5) is 0 Å². The second-order valence-corrected chi connectivity index (χ2v) is 19.5. The highest BCUT2D eigenvalue weighted by Crippen LogP contribution is 2.22. The maximum Gasteiger partial charge on any atom is 0.347 e. The van der Waals surface area contributed by atoms with Gasteiger partial charge in [0.05, 0.1) is 0 Å². The molecule has 6 aromatic carbocycles. The first kappa shape index (κ1) is 60.0. The standard InChI is InChI=1S/3C19H20ClNO4/c3*1-19(2,18(23)24)25-16-9-3-13(4-10-16)11-12-21-17(22)14-5-7-15(20)8-6-14/h3*3-10H,11-12H2,1-2H3,(H,21,22)(H,23,24). The Kier molecular flexibility index (Phi) is 22.5. The highest BCUT2D eigenvalue weighted by molar-refractivity contribution is 6.31. The lowest BCUT2D eigenvalue weighted by Crippen LogP contribution is -2.37. The molecule has 396 valence electrons. The van der Waals surface area contributed by atoms with Crippen LogP contribution in [0.25, 0.3) is 0 Å². The second kappa shape index (κ2) is 28.2. The summed E-state index contributed by atoms with van der Waals surface area (Å²) < 4.78 is 16.3. The number of aliphatic carboxylic acids is 3. The minimum atomic E-state index is -1.28. The van der Waals surface area contributed by atoms with Crippen molar-refractivity contribution in [1.82, 2.24) is 16.0 Å². The van der Waals surface area contributed by atoms with E-state index < -0.39 is 34.7 Å². The lowest BCUT2D eigenvalue weighted by atomic mass is 10.1. The van der Waals surface area contributed by atoms with Gasteiger partial charge in [-0.2, -0.15) is 0 Å². The SMILES string of the molecule is CC(C)(Oc1ccc(CCNC(=O)c2ccc(Cl)cc2)cc1)C(=O)O.CC(C)(Oc1ccc(CCNC(=O)c2ccc(Cl)cc2)cc1)C(=O)O.CC(C)(Oc1ccc(CCNC(=O)c2ccc(Cl)cc2)cc1)C(=O)O. The average Bonchev–Trinajstić information content (AvgIpc) is 3.36. The fourth-order valence-corrected chi connectivity index (χ4v) is 6.64. The molecule has 0 aliphatic carbocycles. The summed E-state index contributed by atoms with van der Waals surface area (Å²) in [5, 5.41) is 37.5. The number of nitrogens with one attached hydrogen (secondary N) is 3. The molecule has 0 radical (unpaired) electrons. The predicted molar refractivity (Wildman–Crippen MR) is 289 cm³/mol. The summed E-state index contributed by atoms with van der Waals surface area (Å²) in [5.74, 6) is -2.08. The molecule has 0 spiro atoms. The fraction of sp³-hybridized carbons (Fsp3) is 0.263. The smallest absolute Gasteiger partial charge is 0.347 e. The zero-order valence-corrected chi connectivity index (χ0v) is 44.5. The van der Waals surface area contributed by atoms with Gasteiger partial charge in [0.25, 0.3) is 17.7 Å². The van der Waals surface area contributed by atoms with E-state index in [0.717, 1.165) is 16.7 Å². The molecule has 0 heterocycles. The molecule has 6 aromatic rings. The molecule has 6 N–H and O–H groups in total. The molecule has 0 aliphatic heterocycles. The molecule has 75 heavy (non-hydrogen) atoms. The third-order valence-corrected chi connectivity index (χ3v) is 11.6. The van der Waals surface area contributed by atoms with Crippen molar-refractivity contribution in [2.75, 3.05) is 19.6 Å². The number of halogens is 3. The van der Waals surface area contributed by atoms with Crippen LogP contribution in [0.15, 0.2) is 146 Å². The van der Waals surface area contributed by atoms with Crippen LogP contribution in [0.5, 0.6) is 17.2 Å². The molecule has 0 aromatic heterocycles. The number of carbonyl (C=O) groups excluding carboxylic acids is 3. The first-order valence-electron chi connectivity index (χ1n) is 23.5. The normalized spacial score (nSPS) is 11.0. The van der Waals surface area contributed by atoms with Crippen LogP contribution < -0.4 is 30.2 Å². The molecule has 3 amide bonds. The van der Waals surface area contributed by atoms with Gasteiger partial charge in [-0.15, -0.1) is 0 Å². The van der Waals surface area contributed by atoms with Gasteiger partial charge >= 0.3 is 17.9 Å². The molecule has 0 fully saturated rings. The van der Waals surface area contributed by atoms with Crippen molar-refractivity contribution in [3.05, 3.63) is 194 Å². The van der Waals surface area contributed by atoms with Crippen LogP contribution in [-0.2, 0) is 33.6 Å². The fourth-order valence-electron chi connectivity index (χ4n) is 6.26. The van der Waals surface area contributed by atoms with E-state index in [1.54, 1.807) is 109 Å². The Balaban J connectivity index is 0.000000243. The van der Waals surface area contributed by atoms with E-state index in [1.165, 1.54) is 41.5 Å². The van der Waals surface area contributed by atoms with Crippen LogP contribution >= 0.6 is 34.8 Å². The number of carboxylic acid groups (broad SMARTS) is 3. The Labute approximate surface area is 451 Å². The van der Waals surface area contributed by atoms with Gasteiger partial charge in [-0.1, -0.05) is 71.2 Å². The topological polar surface area (TPSA) is 227 Å². The van der Waals surface area contributed by atoms with Crippen LogP contribution in [0.2, 0.25) is 15.1 Å². The Morgan fingerprint density at radius 2 is 0.560 bits per heavy atom. The minimum absolute atomic E-state index is 0.153. The molecule has 0 atom stereocenters. The van der Waals surface area contributed by atoms with Crippen molar-refractivity contribution in [1.29, 1.82) is 0 Å². The van der Waals surface area contributed by atoms with Gasteiger partial charge in [0.2, 0.25) is 0 Å². The molecular formula is C57H60Cl3N3O12. The maximum absolute atomic E-state index is 12.0. The van der Waals surface area contributed by atoms with Gasteiger partial charge in [-0.3, -0.25) is 14.4 Å². The number of amides is 3. The summed E-state index contributed by atoms with van der Waals surface area (Å²) in [5.41, 5.74) is 0.860. The number of benzene rings is 6. The third-order valence-electron chi connectivity index (χ3n) is 10.9. The van der Waals surface area contributed by atoms with Crippen molar-refractivity contribution in [3.8, 4) is 17.2 Å². The number of carbonyl (C=O) groups is 6. The van der Waals surface area contributed by atoms with Gasteiger partial charge in [-0.05, 0) is 187 Å². The Morgan fingerprint density at radius 3 is 0.747 bits per heavy atom. The number of hydrogen-bond acceptors (Lipinski definition) is 9. The number of carboxylic acids is 3. The van der Waals surface area contributed by atoms with Gasteiger partial charge in [0.1, 0.15) is 17.2 Å². The molecular weight excluding hydrogens is 1020 g/mol. The maximum atomic E-state index is 12.0. The number of ether oxygens (including phenoxy) is 3. The van der Waals surface area contributed by atoms with Crippen molar-refractivity contribution in [2.24, 2.45) is 0 Å². The summed E-state index contributed by atoms with van der Waals surface area (Å²) in [6, 6.07) is 41.5. The highest BCUT2D eigenvalue weighted by Gasteiger charge is 2.31. The summed E-state index contributed by atoms with van der Waals surface area (Å²) in [6.07, 6.45) is 1.96. The van der Waals surface area contributed by atoms with E-state index in [0.29, 0.717) is 87.9 Å². The first-order chi connectivity index (χ1) is 35.3. The Bertz CT molecular complexity index is 2530. The van der Waals surface area contributed by atoms with Gasteiger partial charge in [0.15, 0.2) is 16.8 Å². The van der Waals surface area contributed by atoms with Gasteiger partial charge < -0.3 is 45.5 Å². The molecule has 6 rings (SSSR count). The van der Waals surface area contributed by atoms with Crippen LogP contribution in [0.1, 0.15) is 89.3 Å². The van der Waals surface area contributed by atoms with Gasteiger partial charge in [-0.25, -0.2) is 14.4 Å². The van der Waals surface area contributed by atoms with Crippen LogP contribution in [0, 0.1) is 0 Å². The van der Waals surface area contributed by atoms with E-state index in [-0.39, 0.29) is 17.7 Å². The van der Waals surface area contributed by atoms with Crippen LogP contribution in [0.3, 0.4) is 0 Å². The summed E-state index contributed by atoms with van der Waals surface area (Å²) in [4.78, 5) is 69.2. The average molecular weight is 1090 g/mol.